The van der Waals surface area contributed by atoms with Crippen LogP contribution in [0.3, 0.4) is 0 Å². The van der Waals surface area contributed by atoms with Crippen LogP contribution >= 0.6 is 0 Å². The molecule has 1 rings (SSSR count). The summed E-state index contributed by atoms with van der Waals surface area (Å²) in [7, 11) is 0. The molecule has 16 heavy (non-hydrogen) atoms. The molecular weight excluding hydrogens is 221 g/mol. The third kappa shape index (κ3) is 4.29. The van der Waals surface area contributed by atoms with E-state index in [4.69, 9.17) is 0 Å². The molecule has 0 saturated carbocycles. The van der Waals surface area contributed by atoms with E-state index in [1.165, 1.54) is 6.20 Å². The van der Waals surface area contributed by atoms with Gasteiger partial charge in [-0.05, 0) is 18.6 Å². The first-order valence-electron chi connectivity index (χ1n) is 4.64. The summed E-state index contributed by atoms with van der Waals surface area (Å²) in [4.78, 5) is 14.8. The first-order valence-corrected chi connectivity index (χ1v) is 4.64. The Bertz CT molecular complexity index is 351. The molecule has 0 aromatic carbocycles. The third-order valence-corrected chi connectivity index (χ3v) is 1.92. The highest BCUT2D eigenvalue weighted by atomic mass is 19.4. The summed E-state index contributed by atoms with van der Waals surface area (Å²) in [6.07, 6.45) is -2.89. The Morgan fingerprint density at radius 3 is 2.75 bits per heavy atom. The molecule has 0 radical (unpaired) electrons. The van der Waals surface area contributed by atoms with E-state index in [9.17, 15) is 18.0 Å². The largest absolute Gasteiger partial charge is 0.397 e. The van der Waals surface area contributed by atoms with Gasteiger partial charge in [0, 0.05) is 12.4 Å². The monoisotopic (exact) mass is 232 g/mol. The van der Waals surface area contributed by atoms with Crippen molar-refractivity contribution in [2.24, 2.45) is 0 Å². The number of alkyl halides is 3. The van der Waals surface area contributed by atoms with Crippen LogP contribution in [0.5, 0.6) is 0 Å². The summed E-state index contributed by atoms with van der Waals surface area (Å²) in [5.74, 6) is -1.04. The number of carbonyl (C=O) groups excluding carboxylic acids is 1. The second-order valence-corrected chi connectivity index (χ2v) is 3.37. The number of aromatic nitrogens is 1. The Morgan fingerprint density at radius 1 is 1.56 bits per heavy atom. The second-order valence-electron chi connectivity index (χ2n) is 3.37. The van der Waals surface area contributed by atoms with Crippen molar-refractivity contribution in [1.29, 1.82) is 0 Å². The highest BCUT2D eigenvalue weighted by Crippen LogP contribution is 2.20. The van der Waals surface area contributed by atoms with Gasteiger partial charge in [-0.25, -0.2) is 0 Å². The molecule has 1 aromatic rings. The molecule has 0 aliphatic heterocycles. The number of nitrogens with zero attached hydrogens (tertiary/aromatic N) is 1. The van der Waals surface area contributed by atoms with E-state index in [2.05, 4.69) is 10.3 Å². The lowest BCUT2D eigenvalue weighted by Gasteiger charge is -2.14. The molecule has 1 aromatic heterocycles. The summed E-state index contributed by atoms with van der Waals surface area (Å²) >= 11 is 0. The quantitative estimate of drug-likeness (QED) is 0.868. The number of pyridine rings is 1. The average molecular weight is 232 g/mol. The highest BCUT2D eigenvalue weighted by molar-refractivity contribution is 5.77. The van der Waals surface area contributed by atoms with Crippen molar-refractivity contribution in [2.75, 3.05) is 0 Å². The molecule has 0 saturated heterocycles. The first-order chi connectivity index (χ1) is 7.38. The number of hydrogen-bond acceptors (Lipinski definition) is 2. The van der Waals surface area contributed by atoms with Gasteiger partial charge in [0.1, 0.15) is 6.42 Å². The fourth-order valence-corrected chi connectivity index (χ4v) is 1.19. The van der Waals surface area contributed by atoms with E-state index in [-0.39, 0.29) is 0 Å². The maximum atomic E-state index is 11.9. The minimum Gasteiger partial charge on any atom is -0.349 e. The van der Waals surface area contributed by atoms with E-state index in [0.717, 1.165) is 0 Å². The maximum Gasteiger partial charge on any atom is 0.397 e. The van der Waals surface area contributed by atoms with E-state index in [1.54, 1.807) is 25.3 Å². The highest BCUT2D eigenvalue weighted by Gasteiger charge is 2.31. The lowest BCUT2D eigenvalue weighted by Crippen LogP contribution is -2.30. The number of rotatable bonds is 3. The Morgan fingerprint density at radius 2 is 2.25 bits per heavy atom. The zero-order chi connectivity index (χ0) is 12.2. The smallest absolute Gasteiger partial charge is 0.349 e. The molecule has 1 atom stereocenters. The van der Waals surface area contributed by atoms with Gasteiger partial charge in [0.25, 0.3) is 0 Å². The molecule has 0 aliphatic rings. The number of halogens is 3. The lowest BCUT2D eigenvalue weighted by atomic mass is 10.1. The van der Waals surface area contributed by atoms with Crippen LogP contribution in [0.15, 0.2) is 24.5 Å². The SMILES string of the molecule is C[C@@H](NC(=O)CC(F)(F)F)c1cccnc1. The number of amides is 1. The van der Waals surface area contributed by atoms with E-state index in [1.807, 2.05) is 0 Å². The summed E-state index contributed by atoms with van der Waals surface area (Å²) in [6, 6.07) is 2.86. The van der Waals surface area contributed by atoms with Crippen LogP contribution in [0.4, 0.5) is 13.2 Å². The molecule has 0 fully saturated rings. The fraction of sp³-hybridized carbons (Fsp3) is 0.400. The minimum absolute atomic E-state index is 0.483. The molecular formula is C10H11F3N2O. The van der Waals surface area contributed by atoms with Gasteiger partial charge in [0.15, 0.2) is 0 Å². The molecule has 0 bridgehead atoms. The predicted molar refractivity (Wildman–Crippen MR) is 51.5 cm³/mol. The van der Waals surface area contributed by atoms with E-state index >= 15 is 0 Å². The van der Waals surface area contributed by atoms with Crippen molar-refractivity contribution in [1.82, 2.24) is 10.3 Å². The molecule has 88 valence electrons. The third-order valence-electron chi connectivity index (χ3n) is 1.92. The Balaban J connectivity index is 2.52. The van der Waals surface area contributed by atoms with Crippen molar-refractivity contribution >= 4 is 5.91 Å². The van der Waals surface area contributed by atoms with Crippen LogP contribution in [0.25, 0.3) is 0 Å². The van der Waals surface area contributed by atoms with Crippen molar-refractivity contribution < 1.29 is 18.0 Å². The van der Waals surface area contributed by atoms with E-state index < -0.39 is 24.5 Å². The molecule has 6 heteroatoms. The summed E-state index contributed by atoms with van der Waals surface area (Å²) < 4.78 is 35.7. The molecule has 1 heterocycles. The minimum atomic E-state index is -4.47. The van der Waals surface area contributed by atoms with Gasteiger partial charge >= 0.3 is 6.18 Å². The molecule has 1 amide bonds. The van der Waals surface area contributed by atoms with Crippen molar-refractivity contribution in [2.45, 2.75) is 25.6 Å². The summed E-state index contributed by atoms with van der Waals surface area (Å²) in [6.45, 7) is 1.60. The summed E-state index contributed by atoms with van der Waals surface area (Å²) in [5, 5.41) is 2.25. The van der Waals surface area contributed by atoms with Crippen LogP contribution in [-0.2, 0) is 4.79 Å². The van der Waals surface area contributed by atoms with Crippen molar-refractivity contribution in [3.05, 3.63) is 30.1 Å². The molecule has 0 spiro atoms. The maximum absolute atomic E-state index is 11.9. The zero-order valence-corrected chi connectivity index (χ0v) is 8.58. The molecule has 0 unspecified atom stereocenters. The van der Waals surface area contributed by atoms with Crippen LogP contribution < -0.4 is 5.32 Å². The van der Waals surface area contributed by atoms with Crippen LogP contribution in [0.1, 0.15) is 24.9 Å². The zero-order valence-electron chi connectivity index (χ0n) is 8.58. The number of nitrogens with one attached hydrogen (secondary N) is 1. The fourth-order valence-electron chi connectivity index (χ4n) is 1.19. The van der Waals surface area contributed by atoms with Gasteiger partial charge in [0.05, 0.1) is 6.04 Å². The van der Waals surface area contributed by atoms with Gasteiger partial charge < -0.3 is 5.32 Å². The second kappa shape index (κ2) is 4.96. The van der Waals surface area contributed by atoms with Crippen LogP contribution in [0, 0.1) is 0 Å². The van der Waals surface area contributed by atoms with Crippen LogP contribution in [0.2, 0.25) is 0 Å². The van der Waals surface area contributed by atoms with Crippen molar-refractivity contribution in [3.8, 4) is 0 Å². The molecule has 1 N–H and O–H groups in total. The summed E-state index contributed by atoms with van der Waals surface area (Å²) in [5.41, 5.74) is 0.665. The Kier molecular flexibility index (Phi) is 3.87. The predicted octanol–water partition coefficient (Wildman–Crippen LogP) is 2.21. The first kappa shape index (κ1) is 12.5. The molecule has 3 nitrogen and oxygen atoms in total. The van der Waals surface area contributed by atoms with Crippen molar-refractivity contribution in [3.63, 3.8) is 0 Å². The van der Waals surface area contributed by atoms with Gasteiger partial charge in [0.2, 0.25) is 5.91 Å². The lowest BCUT2D eigenvalue weighted by molar-refractivity contribution is -0.154. The Labute approximate surface area is 90.7 Å². The van der Waals surface area contributed by atoms with Gasteiger partial charge in [-0.3, -0.25) is 9.78 Å². The number of hydrogen-bond donors (Lipinski definition) is 1. The number of carbonyl (C=O) groups is 1. The van der Waals surface area contributed by atoms with E-state index in [0.29, 0.717) is 5.56 Å². The standard InChI is InChI=1S/C10H11F3N2O/c1-7(8-3-2-4-14-6-8)15-9(16)5-10(11,12)13/h2-4,6-7H,5H2,1H3,(H,15,16)/t7-/m1/s1. The normalized spacial score (nSPS) is 13.2. The van der Waals surface area contributed by atoms with Gasteiger partial charge in [-0.2, -0.15) is 13.2 Å². The van der Waals surface area contributed by atoms with Crippen LogP contribution in [-0.4, -0.2) is 17.1 Å². The average Bonchev–Trinajstić information content (AvgIpc) is 2.16. The van der Waals surface area contributed by atoms with Gasteiger partial charge in [-0.1, -0.05) is 6.07 Å². The topological polar surface area (TPSA) is 42.0 Å². The van der Waals surface area contributed by atoms with Gasteiger partial charge in [-0.15, -0.1) is 0 Å². The molecule has 0 aliphatic carbocycles. The Hall–Kier alpha value is -1.59.